The summed E-state index contributed by atoms with van der Waals surface area (Å²) in [5.74, 6) is 2.35. The van der Waals surface area contributed by atoms with E-state index < -0.39 is 0 Å². The highest BCUT2D eigenvalue weighted by molar-refractivity contribution is 4.99. The molecule has 0 aliphatic carbocycles. The standard InChI is InChI=1S/C13H23N5/c1-10-7-17(8-11(2)14-10)9-13-16-15-12-5-3-4-6-18(12)13/h10-11,14H,3-9H2,1-2H3. The van der Waals surface area contributed by atoms with Crippen LogP contribution in [0.1, 0.15) is 38.3 Å². The van der Waals surface area contributed by atoms with Gasteiger partial charge < -0.3 is 9.88 Å². The van der Waals surface area contributed by atoms with E-state index in [2.05, 4.69) is 38.8 Å². The minimum absolute atomic E-state index is 0.567. The average Bonchev–Trinajstić information content (AvgIpc) is 2.72. The fourth-order valence-electron chi connectivity index (χ4n) is 3.25. The van der Waals surface area contributed by atoms with E-state index in [0.717, 1.165) is 38.4 Å². The smallest absolute Gasteiger partial charge is 0.147 e. The maximum Gasteiger partial charge on any atom is 0.147 e. The highest BCUT2D eigenvalue weighted by Crippen LogP contribution is 2.16. The maximum absolute atomic E-state index is 4.39. The van der Waals surface area contributed by atoms with Gasteiger partial charge in [0.1, 0.15) is 11.6 Å². The molecule has 100 valence electrons. The van der Waals surface area contributed by atoms with Crippen molar-refractivity contribution < 1.29 is 0 Å². The van der Waals surface area contributed by atoms with Gasteiger partial charge in [-0.2, -0.15) is 0 Å². The van der Waals surface area contributed by atoms with Gasteiger partial charge in [-0.3, -0.25) is 4.90 Å². The summed E-state index contributed by atoms with van der Waals surface area (Å²) in [6.07, 6.45) is 3.63. The molecule has 1 N–H and O–H groups in total. The van der Waals surface area contributed by atoms with Gasteiger partial charge in [-0.25, -0.2) is 0 Å². The molecular formula is C13H23N5. The van der Waals surface area contributed by atoms with Crippen LogP contribution in [0.4, 0.5) is 0 Å². The molecule has 18 heavy (non-hydrogen) atoms. The Morgan fingerprint density at radius 3 is 2.72 bits per heavy atom. The molecule has 1 aromatic rings. The number of aromatic nitrogens is 3. The summed E-state index contributed by atoms with van der Waals surface area (Å²) in [7, 11) is 0. The number of fused-ring (bicyclic) bond motifs is 1. The summed E-state index contributed by atoms with van der Waals surface area (Å²) in [5, 5.41) is 12.3. The van der Waals surface area contributed by atoms with Crippen molar-refractivity contribution in [2.75, 3.05) is 13.1 Å². The molecule has 3 heterocycles. The SMILES string of the molecule is CC1CN(Cc2nnc3n2CCCC3)CC(C)N1. The molecule has 0 amide bonds. The molecule has 2 aliphatic heterocycles. The van der Waals surface area contributed by atoms with E-state index in [1.54, 1.807) is 0 Å². The molecule has 5 nitrogen and oxygen atoms in total. The fourth-order valence-corrected chi connectivity index (χ4v) is 3.25. The Morgan fingerprint density at radius 2 is 1.94 bits per heavy atom. The van der Waals surface area contributed by atoms with Crippen molar-refractivity contribution in [3.05, 3.63) is 11.6 Å². The number of hydrogen-bond acceptors (Lipinski definition) is 4. The van der Waals surface area contributed by atoms with Gasteiger partial charge in [-0.05, 0) is 26.7 Å². The second-order valence-electron chi connectivity index (χ2n) is 5.80. The van der Waals surface area contributed by atoms with Gasteiger partial charge in [0.2, 0.25) is 0 Å². The van der Waals surface area contributed by atoms with Crippen LogP contribution in [-0.2, 0) is 19.5 Å². The first-order chi connectivity index (χ1) is 8.72. The summed E-state index contributed by atoms with van der Waals surface area (Å²) in [5.41, 5.74) is 0. The molecule has 1 fully saturated rings. The number of rotatable bonds is 2. The quantitative estimate of drug-likeness (QED) is 0.842. The minimum Gasteiger partial charge on any atom is -0.314 e. The molecule has 0 spiro atoms. The first-order valence-corrected chi connectivity index (χ1v) is 7.11. The minimum atomic E-state index is 0.567. The zero-order chi connectivity index (χ0) is 12.5. The Bertz CT molecular complexity index is 404. The lowest BCUT2D eigenvalue weighted by Crippen LogP contribution is -2.53. The summed E-state index contributed by atoms with van der Waals surface area (Å²) in [6, 6.07) is 1.13. The highest BCUT2D eigenvalue weighted by Gasteiger charge is 2.23. The lowest BCUT2D eigenvalue weighted by atomic mass is 10.1. The predicted octanol–water partition coefficient (Wildman–Crippen LogP) is 0.797. The van der Waals surface area contributed by atoms with Crippen LogP contribution in [0.5, 0.6) is 0 Å². The molecule has 2 atom stereocenters. The lowest BCUT2D eigenvalue weighted by Gasteiger charge is -2.35. The van der Waals surface area contributed by atoms with Crippen molar-refractivity contribution in [2.24, 2.45) is 0 Å². The number of hydrogen-bond donors (Lipinski definition) is 1. The topological polar surface area (TPSA) is 46.0 Å². The van der Waals surface area contributed by atoms with E-state index in [1.807, 2.05) is 0 Å². The van der Waals surface area contributed by atoms with Gasteiger partial charge in [-0.15, -0.1) is 10.2 Å². The monoisotopic (exact) mass is 249 g/mol. The normalized spacial score (nSPS) is 29.2. The first kappa shape index (κ1) is 12.1. The maximum atomic E-state index is 4.39. The predicted molar refractivity (Wildman–Crippen MR) is 70.3 cm³/mol. The van der Waals surface area contributed by atoms with Gasteiger partial charge in [0.05, 0.1) is 6.54 Å². The number of aryl methyl sites for hydroxylation is 1. The highest BCUT2D eigenvalue weighted by atomic mass is 15.3. The lowest BCUT2D eigenvalue weighted by molar-refractivity contribution is 0.161. The van der Waals surface area contributed by atoms with Gasteiger partial charge in [0.15, 0.2) is 0 Å². The molecule has 5 heteroatoms. The van der Waals surface area contributed by atoms with E-state index in [-0.39, 0.29) is 0 Å². The third-order valence-electron chi connectivity index (χ3n) is 3.93. The Kier molecular flexibility index (Phi) is 3.35. The van der Waals surface area contributed by atoms with E-state index in [9.17, 15) is 0 Å². The zero-order valence-corrected chi connectivity index (χ0v) is 11.4. The average molecular weight is 249 g/mol. The second-order valence-corrected chi connectivity index (χ2v) is 5.80. The zero-order valence-electron chi connectivity index (χ0n) is 11.4. The van der Waals surface area contributed by atoms with Crippen LogP contribution in [-0.4, -0.2) is 44.8 Å². The van der Waals surface area contributed by atoms with Crippen LogP contribution in [0.25, 0.3) is 0 Å². The number of nitrogens with zero attached hydrogens (tertiary/aromatic N) is 4. The second kappa shape index (κ2) is 4.97. The summed E-state index contributed by atoms with van der Waals surface area (Å²) >= 11 is 0. The fraction of sp³-hybridized carbons (Fsp3) is 0.846. The van der Waals surface area contributed by atoms with Gasteiger partial charge in [0.25, 0.3) is 0 Å². The molecule has 1 saturated heterocycles. The summed E-state index contributed by atoms with van der Waals surface area (Å²) in [4.78, 5) is 2.50. The van der Waals surface area contributed by atoms with Crippen molar-refractivity contribution in [1.29, 1.82) is 0 Å². The van der Waals surface area contributed by atoms with Crippen molar-refractivity contribution in [3.63, 3.8) is 0 Å². The van der Waals surface area contributed by atoms with E-state index in [0.29, 0.717) is 12.1 Å². The first-order valence-electron chi connectivity index (χ1n) is 7.11. The molecule has 2 unspecified atom stereocenters. The molecule has 0 aromatic carbocycles. The van der Waals surface area contributed by atoms with Gasteiger partial charge in [-0.1, -0.05) is 0 Å². The Hall–Kier alpha value is -0.940. The van der Waals surface area contributed by atoms with Gasteiger partial charge in [0, 0.05) is 38.1 Å². The molecule has 3 rings (SSSR count). The summed E-state index contributed by atoms with van der Waals surface area (Å²) < 4.78 is 2.33. The number of piperazine rings is 1. The van der Waals surface area contributed by atoms with Crippen LogP contribution in [0.3, 0.4) is 0 Å². The van der Waals surface area contributed by atoms with E-state index in [4.69, 9.17) is 0 Å². The third kappa shape index (κ3) is 2.42. The van der Waals surface area contributed by atoms with Crippen molar-refractivity contribution in [3.8, 4) is 0 Å². The van der Waals surface area contributed by atoms with Crippen molar-refractivity contribution >= 4 is 0 Å². The Morgan fingerprint density at radius 1 is 1.17 bits per heavy atom. The molecule has 2 aliphatic rings. The Balaban J connectivity index is 1.70. The molecule has 0 bridgehead atoms. The third-order valence-corrected chi connectivity index (χ3v) is 3.93. The van der Waals surface area contributed by atoms with Crippen molar-refractivity contribution in [2.45, 2.75) is 58.3 Å². The van der Waals surface area contributed by atoms with Crippen LogP contribution in [0.15, 0.2) is 0 Å². The van der Waals surface area contributed by atoms with E-state index >= 15 is 0 Å². The van der Waals surface area contributed by atoms with Crippen LogP contribution < -0.4 is 5.32 Å². The number of nitrogens with one attached hydrogen (secondary N) is 1. The molecular weight excluding hydrogens is 226 g/mol. The van der Waals surface area contributed by atoms with Crippen LogP contribution >= 0.6 is 0 Å². The van der Waals surface area contributed by atoms with E-state index in [1.165, 1.54) is 18.7 Å². The van der Waals surface area contributed by atoms with Crippen LogP contribution in [0.2, 0.25) is 0 Å². The largest absolute Gasteiger partial charge is 0.314 e. The van der Waals surface area contributed by atoms with Crippen LogP contribution in [0, 0.1) is 0 Å². The van der Waals surface area contributed by atoms with Gasteiger partial charge >= 0.3 is 0 Å². The molecule has 0 saturated carbocycles. The molecule has 1 aromatic heterocycles. The molecule has 0 radical (unpaired) electrons. The van der Waals surface area contributed by atoms with Crippen molar-refractivity contribution in [1.82, 2.24) is 25.0 Å². The Labute approximate surface area is 109 Å². The summed E-state index contributed by atoms with van der Waals surface area (Å²) in [6.45, 7) is 8.77.